The molecular weight excluding hydrogens is 351 g/mol. The Morgan fingerprint density at radius 2 is 2.11 bits per heavy atom. The molecule has 2 amide bonds. The van der Waals surface area contributed by atoms with Crippen molar-refractivity contribution in [1.82, 2.24) is 20.4 Å². The van der Waals surface area contributed by atoms with Gasteiger partial charge in [0.1, 0.15) is 11.9 Å². The van der Waals surface area contributed by atoms with Crippen molar-refractivity contribution in [2.45, 2.75) is 50.8 Å². The van der Waals surface area contributed by atoms with Crippen molar-refractivity contribution >= 4 is 6.03 Å². The molecule has 1 N–H and O–H groups in total. The maximum Gasteiger partial charge on any atom is 0.318 e. The molecule has 0 spiro atoms. The Morgan fingerprint density at radius 3 is 2.81 bits per heavy atom. The van der Waals surface area contributed by atoms with E-state index in [-0.39, 0.29) is 29.9 Å². The highest BCUT2D eigenvalue weighted by molar-refractivity contribution is 5.75. The molecule has 0 bridgehead atoms. The lowest BCUT2D eigenvalue weighted by Crippen LogP contribution is -2.55. The number of ether oxygens (including phenoxy) is 1. The number of urea groups is 1. The highest BCUT2D eigenvalue weighted by Gasteiger charge is 2.40. The summed E-state index contributed by atoms with van der Waals surface area (Å²) in [5, 5.41) is 6.88. The molecule has 2 aromatic rings. The molecule has 0 unspecified atom stereocenters. The van der Waals surface area contributed by atoms with Crippen molar-refractivity contribution in [3.05, 3.63) is 47.4 Å². The van der Waals surface area contributed by atoms with Gasteiger partial charge in [0.05, 0.1) is 12.7 Å². The summed E-state index contributed by atoms with van der Waals surface area (Å²) in [6, 6.07) is 6.27. The van der Waals surface area contributed by atoms with E-state index < -0.39 is 6.04 Å². The minimum Gasteiger partial charge on any atom is -0.374 e. The minimum atomic E-state index is -0.414. The van der Waals surface area contributed by atoms with Gasteiger partial charge >= 0.3 is 6.03 Å². The molecule has 1 aliphatic carbocycles. The number of carbonyl (C=O) groups is 1. The average Bonchev–Trinajstić information content (AvgIpc) is 3.04. The zero-order valence-corrected chi connectivity index (χ0v) is 15.4. The van der Waals surface area contributed by atoms with Crippen LogP contribution in [0.1, 0.15) is 49.0 Å². The van der Waals surface area contributed by atoms with E-state index >= 15 is 0 Å². The summed E-state index contributed by atoms with van der Waals surface area (Å²) in [6.07, 6.45) is 1.23. The van der Waals surface area contributed by atoms with Gasteiger partial charge in [-0.25, -0.2) is 9.18 Å². The van der Waals surface area contributed by atoms with Crippen molar-refractivity contribution in [3.8, 4) is 0 Å². The second-order valence-electron chi connectivity index (χ2n) is 7.23. The fourth-order valence-corrected chi connectivity index (χ4v) is 3.87. The number of nitrogens with zero attached hydrogens (tertiary/aromatic N) is 3. The van der Waals surface area contributed by atoms with Gasteiger partial charge in [0, 0.05) is 12.6 Å². The number of amides is 2. The Hall–Kier alpha value is -2.48. The summed E-state index contributed by atoms with van der Waals surface area (Å²) in [6.45, 7) is 4.54. The molecule has 2 atom stereocenters. The standard InChI is InChI=1S/C19H23FN4O3/c1-11-17(18-21-12(2)23-27-18)24(7-8-26-11)19(25)22-14-9-13(10-14)15-5-3-4-6-16(15)20/h3-6,11,13-14,17H,7-10H2,1-2H3,(H,22,25)/t11-,13?,14?,17+/m1/s1. The third kappa shape index (κ3) is 3.53. The van der Waals surface area contributed by atoms with Gasteiger partial charge in [-0.3, -0.25) is 0 Å². The molecule has 1 aliphatic heterocycles. The van der Waals surface area contributed by atoms with Crippen LogP contribution in [0, 0.1) is 12.7 Å². The normalized spacial score (nSPS) is 27.9. The summed E-state index contributed by atoms with van der Waals surface area (Å²) in [5.41, 5.74) is 0.724. The Balaban J connectivity index is 1.40. The van der Waals surface area contributed by atoms with Gasteiger partial charge in [-0.1, -0.05) is 23.4 Å². The maximum absolute atomic E-state index is 13.9. The second-order valence-corrected chi connectivity index (χ2v) is 7.23. The first-order valence-electron chi connectivity index (χ1n) is 9.26. The number of hydrogen-bond acceptors (Lipinski definition) is 5. The van der Waals surface area contributed by atoms with E-state index in [2.05, 4.69) is 15.5 Å². The summed E-state index contributed by atoms with van der Waals surface area (Å²) in [5.74, 6) is 0.873. The quantitative estimate of drug-likeness (QED) is 0.893. The van der Waals surface area contributed by atoms with Crippen LogP contribution in [0.3, 0.4) is 0 Å². The number of aryl methyl sites for hydroxylation is 1. The molecule has 1 saturated carbocycles. The van der Waals surface area contributed by atoms with Gasteiger partial charge in [-0.05, 0) is 44.2 Å². The lowest BCUT2D eigenvalue weighted by molar-refractivity contribution is -0.0553. The molecular formula is C19H23FN4O3. The van der Waals surface area contributed by atoms with Gasteiger partial charge in [0.15, 0.2) is 5.82 Å². The Morgan fingerprint density at radius 1 is 1.33 bits per heavy atom. The van der Waals surface area contributed by atoms with Crippen LogP contribution in [0.4, 0.5) is 9.18 Å². The minimum absolute atomic E-state index is 0.0327. The molecule has 1 aromatic carbocycles. The number of hydrogen-bond donors (Lipinski definition) is 1. The van der Waals surface area contributed by atoms with Crippen LogP contribution in [0.5, 0.6) is 0 Å². The zero-order chi connectivity index (χ0) is 19.0. The number of rotatable bonds is 3. The second kappa shape index (κ2) is 7.26. The number of aromatic nitrogens is 2. The third-order valence-electron chi connectivity index (χ3n) is 5.36. The summed E-state index contributed by atoms with van der Waals surface area (Å²) in [7, 11) is 0. The van der Waals surface area contributed by atoms with Crippen molar-refractivity contribution in [2.24, 2.45) is 0 Å². The smallest absolute Gasteiger partial charge is 0.318 e. The molecule has 27 heavy (non-hydrogen) atoms. The van der Waals surface area contributed by atoms with Crippen LogP contribution in [0.15, 0.2) is 28.8 Å². The fourth-order valence-electron chi connectivity index (χ4n) is 3.87. The van der Waals surface area contributed by atoms with E-state index in [4.69, 9.17) is 9.26 Å². The SMILES string of the molecule is Cc1noc([C@@H]2[C@@H](C)OCCN2C(=O)NC2CC(c3ccccc3F)C2)n1. The van der Waals surface area contributed by atoms with Crippen molar-refractivity contribution in [1.29, 1.82) is 0 Å². The molecule has 0 radical (unpaired) electrons. The van der Waals surface area contributed by atoms with Gasteiger partial charge in [-0.15, -0.1) is 0 Å². The fraction of sp³-hybridized carbons (Fsp3) is 0.526. The first-order chi connectivity index (χ1) is 13.0. The Kier molecular flexibility index (Phi) is 4.82. The van der Waals surface area contributed by atoms with Gasteiger partial charge in [0.2, 0.25) is 0 Å². The van der Waals surface area contributed by atoms with Crippen LogP contribution in [-0.2, 0) is 4.74 Å². The van der Waals surface area contributed by atoms with Crippen LogP contribution < -0.4 is 5.32 Å². The molecule has 1 saturated heterocycles. The highest BCUT2D eigenvalue weighted by atomic mass is 19.1. The van der Waals surface area contributed by atoms with Crippen LogP contribution in [0.2, 0.25) is 0 Å². The number of nitrogens with one attached hydrogen (secondary N) is 1. The van der Waals surface area contributed by atoms with Crippen LogP contribution in [-0.4, -0.2) is 46.4 Å². The zero-order valence-electron chi connectivity index (χ0n) is 15.4. The molecule has 2 aliphatic rings. The van der Waals surface area contributed by atoms with Crippen LogP contribution >= 0.6 is 0 Å². The van der Waals surface area contributed by atoms with E-state index in [1.807, 2.05) is 19.1 Å². The predicted octanol–water partition coefficient (Wildman–Crippen LogP) is 2.93. The number of benzene rings is 1. The summed E-state index contributed by atoms with van der Waals surface area (Å²) >= 11 is 0. The highest BCUT2D eigenvalue weighted by Crippen LogP contribution is 2.38. The van der Waals surface area contributed by atoms with Crippen molar-refractivity contribution in [2.75, 3.05) is 13.2 Å². The average molecular weight is 374 g/mol. The number of carbonyl (C=O) groups excluding carboxylic acids is 1. The van der Waals surface area contributed by atoms with Crippen molar-refractivity contribution in [3.63, 3.8) is 0 Å². The summed E-state index contributed by atoms with van der Waals surface area (Å²) in [4.78, 5) is 18.8. The predicted molar refractivity (Wildman–Crippen MR) is 94.6 cm³/mol. The first kappa shape index (κ1) is 17.9. The Bertz CT molecular complexity index is 821. The Labute approximate surface area is 156 Å². The molecule has 2 heterocycles. The van der Waals surface area contributed by atoms with E-state index in [1.165, 1.54) is 6.07 Å². The van der Waals surface area contributed by atoms with E-state index in [1.54, 1.807) is 17.9 Å². The molecule has 144 valence electrons. The lowest BCUT2D eigenvalue weighted by Gasteiger charge is -2.41. The topological polar surface area (TPSA) is 80.5 Å². The van der Waals surface area contributed by atoms with Crippen LogP contribution in [0.25, 0.3) is 0 Å². The molecule has 1 aromatic heterocycles. The number of morpholine rings is 1. The summed E-state index contributed by atoms with van der Waals surface area (Å²) < 4.78 is 24.9. The number of halogens is 1. The molecule has 2 fully saturated rings. The lowest BCUT2D eigenvalue weighted by atomic mass is 9.75. The van der Waals surface area contributed by atoms with Gasteiger partial charge in [-0.2, -0.15) is 4.98 Å². The first-order valence-corrected chi connectivity index (χ1v) is 9.26. The molecule has 8 heteroatoms. The van der Waals surface area contributed by atoms with E-state index in [0.717, 1.165) is 18.4 Å². The molecule has 4 rings (SSSR count). The van der Waals surface area contributed by atoms with E-state index in [9.17, 15) is 9.18 Å². The van der Waals surface area contributed by atoms with Crippen molar-refractivity contribution < 1.29 is 18.4 Å². The van der Waals surface area contributed by atoms with Gasteiger partial charge in [0.25, 0.3) is 5.89 Å². The largest absolute Gasteiger partial charge is 0.374 e. The molecule has 7 nitrogen and oxygen atoms in total. The third-order valence-corrected chi connectivity index (χ3v) is 5.36. The van der Waals surface area contributed by atoms with E-state index in [0.29, 0.717) is 24.9 Å². The maximum atomic E-state index is 13.9. The monoisotopic (exact) mass is 374 g/mol. The van der Waals surface area contributed by atoms with Gasteiger partial charge < -0.3 is 19.5 Å².